The number of ether oxygens (including phenoxy) is 1. The number of benzene rings is 3. The van der Waals surface area contributed by atoms with Crippen LogP contribution in [0.4, 0.5) is 10.5 Å². The molecule has 3 aromatic rings. The topological polar surface area (TPSA) is 65.0 Å². The lowest BCUT2D eigenvalue weighted by Crippen LogP contribution is -2.68. The Kier molecular flexibility index (Phi) is 7.25. The molecule has 0 aliphatic carbocycles. The van der Waals surface area contributed by atoms with E-state index in [2.05, 4.69) is 65.7 Å². The summed E-state index contributed by atoms with van der Waals surface area (Å²) in [5.74, 6) is 0.830. The molecule has 0 saturated carbocycles. The fraction of sp³-hybridized carbons (Fsp3) is 0.367. The van der Waals surface area contributed by atoms with Crippen LogP contribution in [0.3, 0.4) is 0 Å². The molecule has 0 unspecified atom stereocenters. The minimum atomic E-state index is -0.109. The zero-order chi connectivity index (χ0) is 25.1. The van der Waals surface area contributed by atoms with Gasteiger partial charge in [0.25, 0.3) is 0 Å². The number of anilines is 1. The molecule has 2 aliphatic rings. The van der Waals surface area contributed by atoms with Crippen molar-refractivity contribution in [1.29, 1.82) is 0 Å². The van der Waals surface area contributed by atoms with E-state index in [1.807, 2.05) is 29.2 Å². The van der Waals surface area contributed by atoms with Crippen molar-refractivity contribution in [2.45, 2.75) is 37.8 Å². The van der Waals surface area contributed by atoms with Crippen molar-refractivity contribution in [3.8, 4) is 16.9 Å². The minimum absolute atomic E-state index is 0.0806. The minimum Gasteiger partial charge on any atom is -0.495 e. The van der Waals surface area contributed by atoms with E-state index in [1.165, 1.54) is 22.3 Å². The van der Waals surface area contributed by atoms with E-state index >= 15 is 0 Å². The fourth-order valence-electron chi connectivity index (χ4n) is 5.79. The first kappa shape index (κ1) is 24.3. The van der Waals surface area contributed by atoms with Crippen molar-refractivity contribution in [2.75, 3.05) is 38.7 Å². The first-order valence-electron chi connectivity index (χ1n) is 12.8. The number of para-hydroxylation sites is 2. The van der Waals surface area contributed by atoms with Crippen molar-refractivity contribution in [1.82, 2.24) is 9.80 Å². The van der Waals surface area contributed by atoms with Crippen LogP contribution in [0.5, 0.6) is 5.75 Å². The number of aliphatic hydroxyl groups excluding tert-OH is 1. The number of hydrogen-bond acceptors (Lipinski definition) is 4. The van der Waals surface area contributed by atoms with Crippen LogP contribution in [0.25, 0.3) is 11.1 Å². The number of rotatable bonds is 5. The molecule has 0 spiro atoms. The molecule has 36 heavy (non-hydrogen) atoms. The van der Waals surface area contributed by atoms with E-state index in [0.29, 0.717) is 24.5 Å². The quantitative estimate of drug-likeness (QED) is 0.526. The normalized spacial score (nSPS) is 22.1. The van der Waals surface area contributed by atoms with Crippen molar-refractivity contribution in [3.05, 3.63) is 83.9 Å². The number of urea groups is 1. The zero-order valence-electron chi connectivity index (χ0n) is 21.1. The molecule has 5 rings (SSSR count). The Morgan fingerprint density at radius 3 is 2.53 bits per heavy atom. The second-order valence-electron chi connectivity index (χ2n) is 9.86. The van der Waals surface area contributed by atoms with Crippen molar-refractivity contribution < 1.29 is 14.6 Å². The van der Waals surface area contributed by atoms with Crippen molar-refractivity contribution >= 4 is 11.7 Å². The molecule has 188 valence electrons. The summed E-state index contributed by atoms with van der Waals surface area (Å²) in [6.07, 6.45) is 1.95. The first-order valence-corrected chi connectivity index (χ1v) is 12.8. The maximum absolute atomic E-state index is 13.3. The maximum Gasteiger partial charge on any atom is 0.322 e. The Labute approximate surface area is 213 Å². The molecule has 6 heteroatoms. The lowest BCUT2D eigenvalue weighted by molar-refractivity contribution is -0.0585. The molecule has 2 heterocycles. The molecular formula is C30H35N3O3. The predicted molar refractivity (Wildman–Crippen MR) is 144 cm³/mol. The van der Waals surface area contributed by atoms with Crippen LogP contribution in [0.15, 0.2) is 72.8 Å². The van der Waals surface area contributed by atoms with Crippen LogP contribution in [-0.2, 0) is 0 Å². The van der Waals surface area contributed by atoms with Crippen LogP contribution in [0, 0.1) is 6.92 Å². The SMILES string of the molecule is COc1ccccc1NC(=O)N1CCCCN2[C@H](CO)[C@H](c3ccc(-c4cccc(C)c4)cc3)[C@@H]2C1. The molecule has 2 aliphatic heterocycles. The zero-order valence-corrected chi connectivity index (χ0v) is 21.1. The number of hydrogen-bond donors (Lipinski definition) is 2. The van der Waals surface area contributed by atoms with Gasteiger partial charge in [0.05, 0.1) is 19.4 Å². The summed E-state index contributed by atoms with van der Waals surface area (Å²) in [5, 5.41) is 13.3. The van der Waals surface area contributed by atoms with Gasteiger partial charge in [0.1, 0.15) is 5.75 Å². The monoisotopic (exact) mass is 485 g/mol. The van der Waals surface area contributed by atoms with Crippen LogP contribution < -0.4 is 10.1 Å². The van der Waals surface area contributed by atoms with Crippen molar-refractivity contribution in [3.63, 3.8) is 0 Å². The third-order valence-electron chi connectivity index (χ3n) is 7.65. The summed E-state index contributed by atoms with van der Waals surface area (Å²) in [7, 11) is 1.61. The van der Waals surface area contributed by atoms with Gasteiger partial charge < -0.3 is 20.1 Å². The van der Waals surface area contributed by atoms with Gasteiger partial charge in [0.15, 0.2) is 0 Å². The predicted octanol–water partition coefficient (Wildman–Crippen LogP) is 5.13. The number of nitrogens with zero attached hydrogens (tertiary/aromatic N) is 2. The van der Waals surface area contributed by atoms with Crippen LogP contribution in [0.2, 0.25) is 0 Å². The average molecular weight is 486 g/mol. The summed E-state index contributed by atoms with van der Waals surface area (Å²) in [6, 6.07) is 24.9. The highest BCUT2D eigenvalue weighted by atomic mass is 16.5. The summed E-state index contributed by atoms with van der Waals surface area (Å²) in [5.41, 5.74) is 5.54. The van der Waals surface area contributed by atoms with Gasteiger partial charge in [-0.05, 0) is 55.1 Å². The number of fused-ring (bicyclic) bond motifs is 1. The molecule has 0 bridgehead atoms. The summed E-state index contributed by atoms with van der Waals surface area (Å²) in [6.45, 7) is 4.52. The standard InChI is InChI=1S/C30H35N3O3/c1-21-8-7-9-24(18-21)22-12-14-23(15-13-22)29-26-19-32(16-5-6-17-33(26)27(29)20-34)30(35)31-25-10-3-4-11-28(25)36-2/h3-4,7-15,18,26-27,29,34H,5-6,16-17,19-20H2,1-2H3,(H,31,35)/t26-,27+,29+/m0/s1. The average Bonchev–Trinajstić information content (AvgIpc) is 2.88. The largest absolute Gasteiger partial charge is 0.495 e. The maximum atomic E-state index is 13.3. The number of nitrogens with one attached hydrogen (secondary N) is 1. The van der Waals surface area contributed by atoms with Gasteiger partial charge in [0, 0.05) is 31.1 Å². The Hall–Kier alpha value is -3.35. The van der Waals surface area contributed by atoms with Gasteiger partial charge in [0.2, 0.25) is 0 Å². The number of carbonyl (C=O) groups is 1. The lowest BCUT2D eigenvalue weighted by atomic mass is 9.74. The third kappa shape index (κ3) is 4.84. The van der Waals surface area contributed by atoms with Crippen LogP contribution in [-0.4, -0.2) is 66.4 Å². The van der Waals surface area contributed by atoms with Crippen LogP contribution in [0.1, 0.15) is 29.9 Å². The molecule has 2 amide bonds. The second kappa shape index (κ2) is 10.7. The van der Waals surface area contributed by atoms with E-state index in [1.54, 1.807) is 7.11 Å². The van der Waals surface area contributed by atoms with Gasteiger partial charge in [-0.15, -0.1) is 0 Å². The summed E-state index contributed by atoms with van der Waals surface area (Å²) < 4.78 is 5.41. The molecule has 2 fully saturated rings. The Morgan fingerprint density at radius 2 is 1.78 bits per heavy atom. The first-order chi connectivity index (χ1) is 17.6. The number of aryl methyl sites for hydroxylation is 1. The smallest absolute Gasteiger partial charge is 0.322 e. The van der Waals surface area contributed by atoms with Crippen LogP contribution >= 0.6 is 0 Å². The highest BCUT2D eigenvalue weighted by molar-refractivity contribution is 5.91. The van der Waals surface area contributed by atoms with Gasteiger partial charge in [-0.25, -0.2) is 4.79 Å². The molecule has 3 atom stereocenters. The van der Waals surface area contributed by atoms with E-state index in [0.717, 1.165) is 19.4 Å². The van der Waals surface area contributed by atoms with Gasteiger partial charge in [-0.1, -0.05) is 66.2 Å². The number of methoxy groups -OCH3 is 1. The van der Waals surface area contributed by atoms with Crippen molar-refractivity contribution in [2.24, 2.45) is 0 Å². The second-order valence-corrected chi connectivity index (χ2v) is 9.86. The fourth-order valence-corrected chi connectivity index (χ4v) is 5.79. The molecular weight excluding hydrogens is 450 g/mol. The highest BCUT2D eigenvalue weighted by Crippen LogP contribution is 2.42. The van der Waals surface area contributed by atoms with Gasteiger partial charge in [-0.3, -0.25) is 4.90 Å². The van der Waals surface area contributed by atoms with E-state index in [-0.39, 0.29) is 30.6 Å². The van der Waals surface area contributed by atoms with E-state index < -0.39 is 0 Å². The molecule has 2 saturated heterocycles. The molecule has 0 aromatic heterocycles. The summed E-state index contributed by atoms with van der Waals surface area (Å²) in [4.78, 5) is 17.6. The lowest BCUT2D eigenvalue weighted by Gasteiger charge is -2.57. The molecule has 0 radical (unpaired) electrons. The van der Waals surface area contributed by atoms with E-state index in [9.17, 15) is 9.90 Å². The van der Waals surface area contributed by atoms with Gasteiger partial charge in [-0.2, -0.15) is 0 Å². The number of aliphatic hydroxyl groups is 1. The van der Waals surface area contributed by atoms with Gasteiger partial charge >= 0.3 is 6.03 Å². The highest BCUT2D eigenvalue weighted by Gasteiger charge is 2.49. The Balaban J connectivity index is 1.35. The Bertz CT molecular complexity index is 1200. The summed E-state index contributed by atoms with van der Waals surface area (Å²) >= 11 is 0. The Morgan fingerprint density at radius 1 is 1.00 bits per heavy atom. The molecule has 6 nitrogen and oxygen atoms in total. The third-order valence-corrected chi connectivity index (χ3v) is 7.65. The number of carbonyl (C=O) groups excluding carboxylic acids is 1. The molecule has 2 N–H and O–H groups in total. The molecule has 3 aromatic carbocycles. The van der Waals surface area contributed by atoms with E-state index in [4.69, 9.17) is 4.74 Å². The number of amides is 2.